The first-order valence-corrected chi connectivity index (χ1v) is 10.4. The Hall–Kier alpha value is -1.17. The molecule has 1 spiro atoms. The first-order valence-electron chi connectivity index (χ1n) is 8.74. The van der Waals surface area contributed by atoms with Crippen LogP contribution in [0.5, 0.6) is 0 Å². The Bertz CT molecular complexity index is 709. The van der Waals surface area contributed by atoms with E-state index in [1.54, 1.807) is 11.3 Å². The minimum Gasteiger partial charge on any atom is -0.337 e. The second-order valence-corrected chi connectivity index (χ2v) is 9.60. The van der Waals surface area contributed by atoms with Gasteiger partial charge in [-0.15, -0.1) is 22.7 Å². The van der Waals surface area contributed by atoms with Crippen molar-refractivity contribution >= 4 is 28.6 Å². The van der Waals surface area contributed by atoms with Crippen LogP contribution in [-0.2, 0) is 6.54 Å². The van der Waals surface area contributed by atoms with Gasteiger partial charge < -0.3 is 4.90 Å². The van der Waals surface area contributed by atoms with E-state index in [4.69, 9.17) is 0 Å². The smallest absolute Gasteiger partial charge is 0.263 e. The Morgan fingerprint density at radius 2 is 2.12 bits per heavy atom. The zero-order valence-corrected chi connectivity index (χ0v) is 15.8. The van der Waals surface area contributed by atoms with Gasteiger partial charge in [0.25, 0.3) is 5.91 Å². The van der Waals surface area contributed by atoms with E-state index in [1.807, 2.05) is 28.8 Å². The van der Waals surface area contributed by atoms with Crippen molar-refractivity contribution in [2.24, 2.45) is 5.41 Å². The maximum Gasteiger partial charge on any atom is 0.263 e. The average Bonchev–Trinajstić information content (AvgIpc) is 3.30. The molecule has 0 N–H and O–H groups in total. The molecule has 1 amide bonds. The molecule has 0 bridgehead atoms. The molecule has 5 heteroatoms. The van der Waals surface area contributed by atoms with Crippen LogP contribution in [0.1, 0.15) is 38.7 Å². The summed E-state index contributed by atoms with van der Waals surface area (Å²) in [6, 6.07) is 8.40. The number of likely N-dealkylation sites (tertiary alicyclic amines) is 2. The Balaban J connectivity index is 1.41. The highest BCUT2D eigenvalue weighted by Crippen LogP contribution is 2.40. The Labute approximate surface area is 151 Å². The number of aryl methyl sites for hydroxylation is 1. The highest BCUT2D eigenvalue weighted by Gasteiger charge is 2.42. The third-order valence-corrected chi connectivity index (χ3v) is 7.22. The van der Waals surface area contributed by atoms with Crippen molar-refractivity contribution in [2.45, 2.75) is 32.7 Å². The van der Waals surface area contributed by atoms with Crippen molar-refractivity contribution in [2.75, 3.05) is 26.2 Å². The number of piperidine rings is 1. The summed E-state index contributed by atoms with van der Waals surface area (Å²) in [5.74, 6) is 0.233. The van der Waals surface area contributed by atoms with Gasteiger partial charge in [-0.2, -0.15) is 0 Å². The summed E-state index contributed by atoms with van der Waals surface area (Å²) in [5.41, 5.74) is 0.317. The van der Waals surface area contributed by atoms with Crippen molar-refractivity contribution in [1.29, 1.82) is 0 Å². The van der Waals surface area contributed by atoms with Crippen molar-refractivity contribution in [3.05, 3.63) is 44.3 Å². The Morgan fingerprint density at radius 3 is 2.88 bits per heavy atom. The number of thiophene rings is 2. The van der Waals surface area contributed by atoms with Crippen LogP contribution < -0.4 is 0 Å². The second kappa shape index (κ2) is 6.62. The Kier molecular flexibility index (Phi) is 4.50. The van der Waals surface area contributed by atoms with Gasteiger partial charge >= 0.3 is 0 Å². The van der Waals surface area contributed by atoms with Gasteiger partial charge in [0, 0.05) is 41.3 Å². The molecule has 4 heterocycles. The first-order chi connectivity index (χ1) is 11.6. The molecule has 2 aromatic rings. The van der Waals surface area contributed by atoms with Crippen LogP contribution >= 0.6 is 22.7 Å². The summed E-state index contributed by atoms with van der Waals surface area (Å²) in [7, 11) is 0. The topological polar surface area (TPSA) is 23.6 Å². The molecule has 0 saturated carbocycles. The molecular weight excluding hydrogens is 336 g/mol. The third-order valence-electron chi connectivity index (χ3n) is 5.37. The van der Waals surface area contributed by atoms with Crippen LogP contribution in [0.2, 0.25) is 0 Å². The fraction of sp³-hybridized carbons (Fsp3) is 0.526. The van der Waals surface area contributed by atoms with Gasteiger partial charge in [-0.3, -0.25) is 9.69 Å². The third kappa shape index (κ3) is 3.30. The highest BCUT2D eigenvalue weighted by molar-refractivity contribution is 7.12. The molecule has 128 valence electrons. The fourth-order valence-electron chi connectivity index (χ4n) is 4.22. The van der Waals surface area contributed by atoms with Crippen LogP contribution in [0, 0.1) is 12.3 Å². The number of rotatable bonds is 3. The monoisotopic (exact) mass is 360 g/mol. The highest BCUT2D eigenvalue weighted by atomic mass is 32.1. The van der Waals surface area contributed by atoms with Gasteiger partial charge in [0.15, 0.2) is 0 Å². The number of hydrogen-bond acceptors (Lipinski definition) is 4. The van der Waals surface area contributed by atoms with E-state index >= 15 is 0 Å². The van der Waals surface area contributed by atoms with Crippen LogP contribution in [-0.4, -0.2) is 41.9 Å². The van der Waals surface area contributed by atoms with Crippen molar-refractivity contribution in [1.82, 2.24) is 9.80 Å². The number of amides is 1. The van der Waals surface area contributed by atoms with Crippen LogP contribution in [0.15, 0.2) is 29.6 Å². The fourth-order valence-corrected chi connectivity index (χ4v) is 5.85. The van der Waals surface area contributed by atoms with Gasteiger partial charge in [0.2, 0.25) is 0 Å². The van der Waals surface area contributed by atoms with E-state index in [9.17, 15) is 4.79 Å². The number of carbonyl (C=O) groups is 1. The largest absolute Gasteiger partial charge is 0.337 e. The predicted octanol–water partition coefficient (Wildman–Crippen LogP) is 4.25. The molecule has 2 aliphatic rings. The van der Waals surface area contributed by atoms with Gasteiger partial charge in [0.1, 0.15) is 0 Å². The molecule has 0 aliphatic carbocycles. The lowest BCUT2D eigenvalue weighted by Gasteiger charge is -2.40. The van der Waals surface area contributed by atoms with E-state index in [0.717, 1.165) is 44.0 Å². The van der Waals surface area contributed by atoms with Crippen molar-refractivity contribution in [3.8, 4) is 0 Å². The molecule has 1 atom stereocenters. The quantitative estimate of drug-likeness (QED) is 0.817. The van der Waals surface area contributed by atoms with Gasteiger partial charge in [-0.1, -0.05) is 6.07 Å². The molecule has 4 rings (SSSR count). The SMILES string of the molecule is Cc1ccc(CN2CC[C@]3(CCCN(C(=O)c4cccs4)C3)C2)s1. The van der Waals surface area contributed by atoms with Crippen molar-refractivity contribution < 1.29 is 4.79 Å². The van der Waals surface area contributed by atoms with Crippen LogP contribution in [0.4, 0.5) is 0 Å². The lowest BCUT2D eigenvalue weighted by Crippen LogP contribution is -2.47. The summed E-state index contributed by atoms with van der Waals surface area (Å²) in [4.78, 5) is 21.1. The van der Waals surface area contributed by atoms with Crippen molar-refractivity contribution in [3.63, 3.8) is 0 Å². The molecule has 2 fully saturated rings. The van der Waals surface area contributed by atoms with E-state index in [-0.39, 0.29) is 5.91 Å². The maximum atomic E-state index is 12.7. The van der Waals surface area contributed by atoms with Crippen LogP contribution in [0.25, 0.3) is 0 Å². The molecule has 3 nitrogen and oxygen atoms in total. The molecule has 0 unspecified atom stereocenters. The summed E-state index contributed by atoms with van der Waals surface area (Å²) in [6.45, 7) is 7.40. The zero-order chi connectivity index (χ0) is 16.6. The van der Waals surface area contributed by atoms with Gasteiger partial charge in [-0.05, 0) is 56.3 Å². The summed E-state index contributed by atoms with van der Waals surface area (Å²) in [6.07, 6.45) is 3.63. The number of hydrogen-bond donors (Lipinski definition) is 0. The molecule has 2 saturated heterocycles. The normalized spacial score (nSPS) is 24.8. The summed E-state index contributed by atoms with van der Waals surface area (Å²) >= 11 is 3.47. The first kappa shape index (κ1) is 16.3. The predicted molar refractivity (Wildman–Crippen MR) is 101 cm³/mol. The van der Waals surface area contributed by atoms with E-state index in [0.29, 0.717) is 5.41 Å². The van der Waals surface area contributed by atoms with Gasteiger partial charge in [-0.25, -0.2) is 0 Å². The molecule has 2 aliphatic heterocycles. The number of carbonyl (C=O) groups excluding carboxylic acids is 1. The van der Waals surface area contributed by atoms with E-state index in [2.05, 4.69) is 28.9 Å². The lowest BCUT2D eigenvalue weighted by molar-refractivity contribution is 0.0531. The maximum absolute atomic E-state index is 12.7. The second-order valence-electron chi connectivity index (χ2n) is 7.28. The standard InChI is InChI=1S/C19H24N2OS2/c1-15-5-6-16(24-15)12-20-10-8-19(13-20)7-3-9-21(14-19)18(22)17-4-2-11-23-17/h2,4-6,11H,3,7-10,12-14H2,1H3/t19-/m1/s1. The molecule has 0 aromatic carbocycles. The molecule has 2 aromatic heterocycles. The minimum atomic E-state index is 0.233. The molecule has 24 heavy (non-hydrogen) atoms. The van der Waals surface area contributed by atoms with Gasteiger partial charge in [0.05, 0.1) is 4.88 Å². The van der Waals surface area contributed by atoms with Crippen LogP contribution in [0.3, 0.4) is 0 Å². The van der Waals surface area contributed by atoms with E-state index in [1.165, 1.54) is 22.6 Å². The summed E-state index contributed by atoms with van der Waals surface area (Å²) < 4.78 is 0. The minimum absolute atomic E-state index is 0.233. The molecule has 0 radical (unpaired) electrons. The average molecular weight is 361 g/mol. The zero-order valence-electron chi connectivity index (χ0n) is 14.2. The summed E-state index contributed by atoms with van der Waals surface area (Å²) in [5, 5.41) is 1.99. The molecular formula is C19H24N2OS2. The lowest BCUT2D eigenvalue weighted by atomic mass is 9.79. The number of nitrogens with zero attached hydrogens (tertiary/aromatic N) is 2. The Morgan fingerprint density at radius 1 is 1.21 bits per heavy atom. The van der Waals surface area contributed by atoms with E-state index < -0.39 is 0 Å².